The Labute approximate surface area is 250 Å². The van der Waals surface area contributed by atoms with Gasteiger partial charge < -0.3 is 14.5 Å². The van der Waals surface area contributed by atoms with E-state index in [2.05, 4.69) is 109 Å². The van der Waals surface area contributed by atoms with E-state index >= 15 is 0 Å². The molecule has 0 amide bonds. The Morgan fingerprint density at radius 2 is 1.40 bits per heavy atom. The van der Waals surface area contributed by atoms with E-state index in [9.17, 15) is 4.39 Å². The molecular weight excluding hydrogens is 628 g/mol. The van der Waals surface area contributed by atoms with E-state index in [0.717, 1.165) is 25.8 Å². The van der Waals surface area contributed by atoms with Crippen LogP contribution in [0.2, 0.25) is 5.04 Å². The molecule has 0 aromatic heterocycles. The largest absolute Gasteiger partial charge is 0.491 e. The van der Waals surface area contributed by atoms with Crippen LogP contribution in [0.4, 0.5) is 15.8 Å². The minimum Gasteiger partial charge on any atom is -0.491 e. The minimum atomic E-state index is -2.62. The minimum absolute atomic E-state index is 0.0932. The fourth-order valence-electron chi connectivity index (χ4n) is 5.30. The lowest BCUT2D eigenvalue weighted by Crippen LogP contribution is -2.66. The molecule has 5 rings (SSSR count). The Bertz CT molecular complexity index is 1550. The van der Waals surface area contributed by atoms with Gasteiger partial charge in [0.1, 0.15) is 18.2 Å². The molecule has 1 N–H and O–H groups in total. The van der Waals surface area contributed by atoms with E-state index in [1.54, 1.807) is 6.07 Å². The second-order valence-electron chi connectivity index (χ2n) is 10.8. The van der Waals surface area contributed by atoms with E-state index in [4.69, 9.17) is 9.16 Å². The van der Waals surface area contributed by atoms with Crippen LogP contribution in [0, 0.1) is 9.39 Å². The van der Waals surface area contributed by atoms with Crippen molar-refractivity contribution in [3.8, 4) is 5.75 Å². The SMILES string of the molecule is CC(C)(C)[Si](OCCOc1ccc2cccc(Nc3ccc(I)cc3F)c2c1)(c1ccccc1)c1ccccc1. The summed E-state index contributed by atoms with van der Waals surface area (Å²) in [6.07, 6.45) is 0. The molecule has 0 saturated carbocycles. The fourth-order valence-corrected chi connectivity index (χ4v) is 10.3. The number of anilines is 2. The maximum atomic E-state index is 14.5. The Balaban J connectivity index is 1.37. The van der Waals surface area contributed by atoms with Gasteiger partial charge in [0.25, 0.3) is 8.32 Å². The number of hydrogen-bond donors (Lipinski definition) is 1. The van der Waals surface area contributed by atoms with Gasteiger partial charge in [0.05, 0.1) is 12.3 Å². The zero-order chi connectivity index (χ0) is 28.2. The number of halogens is 2. The molecule has 0 aliphatic carbocycles. The van der Waals surface area contributed by atoms with Gasteiger partial charge in [-0.05, 0) is 79.8 Å². The Morgan fingerprint density at radius 3 is 2.02 bits per heavy atom. The predicted octanol–water partition coefficient (Wildman–Crippen LogP) is 8.28. The standard InChI is InChI=1S/C34H33FINO2Si/c1-34(2,3)40(28-12-6-4-7-13-28,29-14-8-5-9-15-29)39-22-21-38-27-19-17-25-11-10-16-32(30(25)24-27)37-33-20-18-26(36)23-31(33)35/h4-20,23-24,37H,21-22H2,1-3H3. The zero-order valence-corrected chi connectivity index (χ0v) is 26.1. The molecule has 3 nitrogen and oxygen atoms in total. The van der Waals surface area contributed by atoms with Crippen LogP contribution < -0.4 is 20.4 Å². The van der Waals surface area contributed by atoms with Crippen molar-refractivity contribution in [3.63, 3.8) is 0 Å². The van der Waals surface area contributed by atoms with Gasteiger partial charge in [-0.3, -0.25) is 0 Å². The van der Waals surface area contributed by atoms with Crippen molar-refractivity contribution >= 4 is 63.4 Å². The zero-order valence-electron chi connectivity index (χ0n) is 23.0. The van der Waals surface area contributed by atoms with E-state index in [1.807, 2.05) is 42.5 Å². The molecule has 0 unspecified atom stereocenters. The molecule has 0 radical (unpaired) electrons. The van der Waals surface area contributed by atoms with Crippen LogP contribution in [0.25, 0.3) is 10.8 Å². The van der Waals surface area contributed by atoms with Crippen LogP contribution in [0.5, 0.6) is 5.75 Å². The second-order valence-corrected chi connectivity index (χ2v) is 16.3. The third-order valence-electron chi connectivity index (χ3n) is 7.14. The molecule has 5 aromatic rings. The first-order valence-corrected chi connectivity index (χ1v) is 16.4. The van der Waals surface area contributed by atoms with Gasteiger partial charge in [-0.25, -0.2) is 4.39 Å². The Morgan fingerprint density at radius 1 is 0.725 bits per heavy atom. The molecule has 0 heterocycles. The molecule has 204 valence electrons. The van der Waals surface area contributed by atoms with E-state index in [1.165, 1.54) is 16.4 Å². The van der Waals surface area contributed by atoms with Crippen molar-refractivity contribution in [1.82, 2.24) is 0 Å². The van der Waals surface area contributed by atoms with Crippen LogP contribution in [0.3, 0.4) is 0 Å². The van der Waals surface area contributed by atoms with E-state index < -0.39 is 8.32 Å². The molecule has 0 spiro atoms. The number of fused-ring (bicyclic) bond motifs is 1. The summed E-state index contributed by atoms with van der Waals surface area (Å²) in [5.41, 5.74) is 1.27. The topological polar surface area (TPSA) is 30.5 Å². The summed E-state index contributed by atoms with van der Waals surface area (Å²) in [6.45, 7) is 7.69. The molecule has 0 fully saturated rings. The number of benzene rings is 5. The molecular formula is C34H33FINO2Si. The third-order valence-corrected chi connectivity index (χ3v) is 12.9. The van der Waals surface area contributed by atoms with Crippen molar-refractivity contribution in [2.45, 2.75) is 25.8 Å². The van der Waals surface area contributed by atoms with Gasteiger partial charge in [0, 0.05) is 14.6 Å². The van der Waals surface area contributed by atoms with Gasteiger partial charge in [-0.1, -0.05) is 99.6 Å². The Kier molecular flexibility index (Phi) is 8.59. The lowest BCUT2D eigenvalue weighted by molar-refractivity contribution is 0.208. The van der Waals surface area contributed by atoms with Crippen LogP contribution in [-0.4, -0.2) is 21.5 Å². The fraction of sp³-hybridized carbons (Fsp3) is 0.176. The summed E-state index contributed by atoms with van der Waals surface area (Å²) in [6, 6.07) is 38.4. The molecule has 0 saturated heterocycles. The summed E-state index contributed by atoms with van der Waals surface area (Å²) in [7, 11) is -2.62. The van der Waals surface area contributed by atoms with Crippen LogP contribution in [0.1, 0.15) is 20.8 Å². The molecule has 40 heavy (non-hydrogen) atoms. The second kappa shape index (κ2) is 12.1. The number of ether oxygens (including phenoxy) is 1. The molecule has 0 atom stereocenters. The Hall–Kier alpha value is -3.20. The van der Waals surface area contributed by atoms with Crippen LogP contribution in [-0.2, 0) is 4.43 Å². The number of hydrogen-bond acceptors (Lipinski definition) is 3. The average molecular weight is 662 g/mol. The first-order chi connectivity index (χ1) is 19.3. The third kappa shape index (κ3) is 5.94. The maximum Gasteiger partial charge on any atom is 0.261 e. The quantitative estimate of drug-likeness (QED) is 0.0981. The van der Waals surface area contributed by atoms with Crippen molar-refractivity contribution < 1.29 is 13.6 Å². The predicted molar refractivity (Wildman–Crippen MR) is 175 cm³/mol. The van der Waals surface area contributed by atoms with Crippen molar-refractivity contribution in [2.24, 2.45) is 0 Å². The van der Waals surface area contributed by atoms with Gasteiger partial charge in [-0.15, -0.1) is 0 Å². The van der Waals surface area contributed by atoms with Crippen molar-refractivity contribution in [1.29, 1.82) is 0 Å². The highest BCUT2D eigenvalue weighted by Gasteiger charge is 2.50. The number of rotatable bonds is 9. The van der Waals surface area contributed by atoms with Gasteiger partial charge in [0.2, 0.25) is 0 Å². The number of nitrogens with one attached hydrogen (secondary N) is 1. The van der Waals surface area contributed by atoms with E-state index in [0.29, 0.717) is 18.9 Å². The lowest BCUT2D eigenvalue weighted by atomic mass is 10.1. The molecule has 0 bridgehead atoms. The first-order valence-electron chi connectivity index (χ1n) is 13.4. The van der Waals surface area contributed by atoms with E-state index in [-0.39, 0.29) is 10.9 Å². The molecule has 0 aliphatic heterocycles. The highest BCUT2D eigenvalue weighted by Crippen LogP contribution is 2.37. The summed E-state index contributed by atoms with van der Waals surface area (Å²) < 4.78 is 28.6. The normalized spacial score (nSPS) is 11.9. The van der Waals surface area contributed by atoms with Crippen LogP contribution in [0.15, 0.2) is 115 Å². The summed E-state index contributed by atoms with van der Waals surface area (Å²) in [4.78, 5) is 0. The molecule has 6 heteroatoms. The average Bonchev–Trinajstić information content (AvgIpc) is 2.95. The first kappa shape index (κ1) is 28.3. The highest BCUT2D eigenvalue weighted by molar-refractivity contribution is 14.1. The monoisotopic (exact) mass is 661 g/mol. The summed E-state index contributed by atoms with van der Waals surface area (Å²) in [5.74, 6) is 0.465. The van der Waals surface area contributed by atoms with Crippen molar-refractivity contribution in [3.05, 3.63) is 125 Å². The summed E-state index contributed by atoms with van der Waals surface area (Å²) in [5, 5.41) is 7.67. The molecule has 0 aliphatic rings. The maximum absolute atomic E-state index is 14.5. The van der Waals surface area contributed by atoms with Gasteiger partial charge >= 0.3 is 0 Å². The summed E-state index contributed by atoms with van der Waals surface area (Å²) >= 11 is 2.11. The van der Waals surface area contributed by atoms with Crippen LogP contribution >= 0.6 is 22.6 Å². The molecule has 5 aromatic carbocycles. The van der Waals surface area contributed by atoms with Gasteiger partial charge in [0.15, 0.2) is 0 Å². The van der Waals surface area contributed by atoms with Gasteiger partial charge in [-0.2, -0.15) is 0 Å². The lowest BCUT2D eigenvalue weighted by Gasteiger charge is -2.43. The van der Waals surface area contributed by atoms with Crippen molar-refractivity contribution in [2.75, 3.05) is 18.5 Å². The smallest absolute Gasteiger partial charge is 0.261 e. The highest BCUT2D eigenvalue weighted by atomic mass is 127.